The molecule has 0 atom stereocenters. The van der Waals surface area contributed by atoms with Crippen LogP contribution in [0, 0.1) is 5.92 Å². The molecule has 1 aliphatic carbocycles. The van der Waals surface area contributed by atoms with Gasteiger partial charge in [-0.05, 0) is 79.0 Å². The molecule has 0 N–H and O–H groups in total. The van der Waals surface area contributed by atoms with Crippen LogP contribution >= 0.6 is 0 Å². The maximum atomic E-state index is 15.1. The van der Waals surface area contributed by atoms with E-state index in [1.807, 2.05) is 0 Å². The Morgan fingerprint density at radius 2 is 1.50 bits per heavy atom. The smallest absolute Gasteiger partial charge is 0.426 e. The average molecular weight is 473 g/mol. The molecule has 0 aliphatic heterocycles. The van der Waals surface area contributed by atoms with E-state index in [1.54, 1.807) is 30.3 Å². The quantitative estimate of drug-likeness (QED) is 0.305. The normalized spacial score (nSPS) is 18.6. The van der Waals surface area contributed by atoms with Gasteiger partial charge in [0, 0.05) is 5.56 Å². The predicted octanol–water partition coefficient (Wildman–Crippen LogP) is 8.77. The lowest BCUT2D eigenvalue weighted by Gasteiger charge is -2.28. The Kier molecular flexibility index (Phi) is 7.44. The second-order valence-electron chi connectivity index (χ2n) is 8.77. The molecular formula is C28H28F4O2. The minimum Gasteiger partial charge on any atom is -0.435 e. The van der Waals surface area contributed by atoms with Gasteiger partial charge in [-0.15, -0.1) is 0 Å². The fourth-order valence-electron chi connectivity index (χ4n) is 4.66. The van der Waals surface area contributed by atoms with E-state index < -0.39 is 12.7 Å². The molecule has 1 aliphatic rings. The topological polar surface area (TPSA) is 18.5 Å². The van der Waals surface area contributed by atoms with E-state index in [0.29, 0.717) is 17.0 Å². The van der Waals surface area contributed by atoms with Gasteiger partial charge in [0.25, 0.3) is 0 Å². The molecule has 4 rings (SSSR count). The summed E-state index contributed by atoms with van der Waals surface area (Å²) >= 11 is 0. The number of benzene rings is 3. The van der Waals surface area contributed by atoms with Crippen molar-refractivity contribution in [2.24, 2.45) is 5.92 Å². The minimum absolute atomic E-state index is 0.00278. The molecule has 0 aromatic heterocycles. The van der Waals surface area contributed by atoms with Crippen LogP contribution in [0.5, 0.6) is 11.5 Å². The molecule has 1 fully saturated rings. The van der Waals surface area contributed by atoms with Gasteiger partial charge < -0.3 is 9.47 Å². The number of hydrogen-bond donors (Lipinski definition) is 0. The van der Waals surface area contributed by atoms with Crippen LogP contribution in [-0.2, 0) is 6.11 Å². The van der Waals surface area contributed by atoms with Crippen molar-refractivity contribution < 1.29 is 27.0 Å². The van der Waals surface area contributed by atoms with Crippen LogP contribution in [0.2, 0.25) is 0 Å². The van der Waals surface area contributed by atoms with Crippen molar-refractivity contribution in [3.05, 3.63) is 83.9 Å². The Morgan fingerprint density at radius 1 is 0.853 bits per heavy atom. The number of halogens is 4. The van der Waals surface area contributed by atoms with Gasteiger partial charge in [-0.3, -0.25) is 0 Å². The summed E-state index contributed by atoms with van der Waals surface area (Å²) in [5.41, 5.74) is 1.86. The molecule has 2 nitrogen and oxygen atoms in total. The zero-order valence-electron chi connectivity index (χ0n) is 19.0. The van der Waals surface area contributed by atoms with Crippen LogP contribution in [0.4, 0.5) is 17.6 Å². The van der Waals surface area contributed by atoms with E-state index >= 15 is 8.78 Å². The van der Waals surface area contributed by atoms with Gasteiger partial charge in [0.05, 0.1) is 5.56 Å². The fourth-order valence-corrected chi connectivity index (χ4v) is 4.66. The molecule has 34 heavy (non-hydrogen) atoms. The molecule has 0 spiro atoms. The third kappa shape index (κ3) is 5.72. The summed E-state index contributed by atoms with van der Waals surface area (Å²) in [5.74, 6) is 1.19. The molecule has 3 aromatic rings. The van der Waals surface area contributed by atoms with E-state index in [1.165, 1.54) is 61.7 Å². The highest BCUT2D eigenvalue weighted by Crippen LogP contribution is 2.40. The van der Waals surface area contributed by atoms with Crippen molar-refractivity contribution >= 4 is 0 Å². The van der Waals surface area contributed by atoms with Crippen molar-refractivity contribution in [3.63, 3.8) is 0 Å². The molecule has 0 unspecified atom stereocenters. The standard InChI is InChI=1S/C28H28F4O2/c1-2-19-7-9-20(10-8-19)21-11-15-23(16-12-21)28(31,32)34-26-6-4-3-5-25(26)22-13-17-24(18-14-22)33-27(29)30/h3-6,11-20,27H,2,7-10H2,1H3. The predicted molar refractivity (Wildman–Crippen MR) is 124 cm³/mol. The first-order valence-corrected chi connectivity index (χ1v) is 11.7. The van der Waals surface area contributed by atoms with E-state index in [4.69, 9.17) is 4.74 Å². The summed E-state index contributed by atoms with van der Waals surface area (Å²) in [6.45, 7) is -0.713. The maximum Gasteiger partial charge on any atom is 0.426 e. The van der Waals surface area contributed by atoms with Gasteiger partial charge in [0.15, 0.2) is 0 Å². The molecule has 0 amide bonds. The number of hydrogen-bond acceptors (Lipinski definition) is 2. The summed E-state index contributed by atoms with van der Waals surface area (Å²) in [7, 11) is 0. The summed E-state index contributed by atoms with van der Waals surface area (Å²) < 4.78 is 64.5. The number of ether oxygens (including phenoxy) is 2. The monoisotopic (exact) mass is 472 g/mol. The van der Waals surface area contributed by atoms with Gasteiger partial charge in [0.2, 0.25) is 0 Å². The van der Waals surface area contributed by atoms with E-state index in [2.05, 4.69) is 11.7 Å². The Bertz CT molecular complexity index is 1060. The van der Waals surface area contributed by atoms with Crippen LogP contribution < -0.4 is 9.47 Å². The molecular weight excluding hydrogens is 444 g/mol. The Morgan fingerprint density at radius 3 is 2.12 bits per heavy atom. The molecule has 0 saturated heterocycles. The summed E-state index contributed by atoms with van der Waals surface area (Å²) in [6.07, 6.45) is 2.23. The first kappa shape index (κ1) is 24.1. The maximum absolute atomic E-state index is 15.1. The molecule has 0 heterocycles. The van der Waals surface area contributed by atoms with Crippen molar-refractivity contribution in [1.82, 2.24) is 0 Å². The zero-order chi connectivity index (χ0) is 24.1. The SMILES string of the molecule is CCC1CCC(c2ccc(C(F)(F)Oc3ccccc3-c3ccc(OC(F)F)cc3)cc2)CC1. The summed E-state index contributed by atoms with van der Waals surface area (Å²) in [4.78, 5) is 0. The molecule has 0 radical (unpaired) electrons. The van der Waals surface area contributed by atoms with E-state index in [0.717, 1.165) is 24.3 Å². The number of rotatable bonds is 8. The molecule has 3 aromatic carbocycles. The van der Waals surface area contributed by atoms with Gasteiger partial charge in [-0.2, -0.15) is 17.6 Å². The van der Waals surface area contributed by atoms with Crippen molar-refractivity contribution in [2.45, 2.75) is 57.7 Å². The zero-order valence-corrected chi connectivity index (χ0v) is 19.0. The largest absolute Gasteiger partial charge is 0.435 e. The molecule has 6 heteroatoms. The average Bonchev–Trinajstić information content (AvgIpc) is 2.84. The Labute approximate surface area is 197 Å². The minimum atomic E-state index is -3.53. The molecule has 1 saturated carbocycles. The Hall–Kier alpha value is -3.02. The van der Waals surface area contributed by atoms with Crippen LogP contribution in [0.3, 0.4) is 0 Å². The third-order valence-corrected chi connectivity index (χ3v) is 6.66. The second kappa shape index (κ2) is 10.5. The van der Waals surface area contributed by atoms with Crippen LogP contribution in [0.1, 0.15) is 56.1 Å². The highest BCUT2D eigenvalue weighted by molar-refractivity contribution is 5.71. The highest BCUT2D eigenvalue weighted by atomic mass is 19.3. The van der Waals surface area contributed by atoms with Crippen molar-refractivity contribution in [3.8, 4) is 22.6 Å². The van der Waals surface area contributed by atoms with E-state index in [9.17, 15) is 8.78 Å². The second-order valence-corrected chi connectivity index (χ2v) is 8.77. The molecule has 180 valence electrons. The summed E-state index contributed by atoms with van der Waals surface area (Å²) in [6, 6.07) is 18.7. The molecule has 0 bridgehead atoms. The highest BCUT2D eigenvalue weighted by Gasteiger charge is 2.35. The first-order valence-electron chi connectivity index (χ1n) is 11.7. The summed E-state index contributed by atoms with van der Waals surface area (Å²) in [5, 5.41) is 0. The van der Waals surface area contributed by atoms with Crippen molar-refractivity contribution in [1.29, 1.82) is 0 Å². The Balaban J connectivity index is 1.49. The number of alkyl halides is 4. The van der Waals surface area contributed by atoms with Crippen LogP contribution in [0.25, 0.3) is 11.1 Å². The van der Waals surface area contributed by atoms with Gasteiger partial charge in [0.1, 0.15) is 11.5 Å². The lowest BCUT2D eigenvalue weighted by atomic mass is 9.78. The lowest BCUT2D eigenvalue weighted by molar-refractivity contribution is -0.185. The third-order valence-electron chi connectivity index (χ3n) is 6.66. The number of para-hydroxylation sites is 1. The van der Waals surface area contributed by atoms with Gasteiger partial charge >= 0.3 is 12.7 Å². The van der Waals surface area contributed by atoms with Crippen LogP contribution in [-0.4, -0.2) is 6.61 Å². The first-order chi connectivity index (χ1) is 16.4. The lowest BCUT2D eigenvalue weighted by Crippen LogP contribution is -2.22. The fraction of sp³-hybridized carbons (Fsp3) is 0.357. The van der Waals surface area contributed by atoms with Gasteiger partial charge in [-0.1, -0.05) is 55.8 Å². The van der Waals surface area contributed by atoms with Crippen LogP contribution in [0.15, 0.2) is 72.8 Å². The van der Waals surface area contributed by atoms with E-state index in [-0.39, 0.29) is 17.1 Å². The van der Waals surface area contributed by atoms with Crippen molar-refractivity contribution in [2.75, 3.05) is 0 Å². The van der Waals surface area contributed by atoms with Gasteiger partial charge in [-0.25, -0.2) is 0 Å².